The van der Waals surface area contributed by atoms with E-state index in [1.165, 1.54) is 24.3 Å². The number of fused-ring (bicyclic) bond motifs is 1. The lowest BCUT2D eigenvalue weighted by molar-refractivity contribution is -0.384. The van der Waals surface area contributed by atoms with Crippen LogP contribution in [0, 0.1) is 10.1 Å². The highest BCUT2D eigenvalue weighted by molar-refractivity contribution is 5.71. The number of carbonyl (C=O) groups is 1. The molecule has 1 atom stereocenters. The lowest BCUT2D eigenvalue weighted by Crippen LogP contribution is -2.32. The van der Waals surface area contributed by atoms with Crippen LogP contribution in [0.25, 0.3) is 0 Å². The van der Waals surface area contributed by atoms with E-state index in [9.17, 15) is 14.9 Å². The molecular formula is C15H14N2O5. The maximum Gasteiger partial charge on any atom is 0.413 e. The average molecular weight is 302 g/mol. The summed E-state index contributed by atoms with van der Waals surface area (Å²) < 4.78 is 10.5. The SMILES string of the molecule is O=C(NC1CCCc2ccoc21)Oc1ccc([N+](=O)[O-])cc1. The van der Waals surface area contributed by atoms with Gasteiger partial charge < -0.3 is 14.5 Å². The number of nitrogens with one attached hydrogen (secondary N) is 1. The Bertz CT molecular complexity index is 692. The fourth-order valence-corrected chi connectivity index (χ4v) is 2.54. The molecule has 3 rings (SSSR count). The number of amides is 1. The molecule has 114 valence electrons. The molecule has 7 nitrogen and oxygen atoms in total. The topological polar surface area (TPSA) is 94.6 Å². The van der Waals surface area contributed by atoms with Crippen LogP contribution < -0.4 is 10.1 Å². The van der Waals surface area contributed by atoms with Crippen LogP contribution in [0.3, 0.4) is 0 Å². The number of hydrogen-bond acceptors (Lipinski definition) is 5. The van der Waals surface area contributed by atoms with Gasteiger partial charge in [-0.1, -0.05) is 0 Å². The normalized spacial score (nSPS) is 16.6. The first-order valence-corrected chi connectivity index (χ1v) is 6.92. The fourth-order valence-electron chi connectivity index (χ4n) is 2.54. The quantitative estimate of drug-likeness (QED) is 0.693. The van der Waals surface area contributed by atoms with E-state index in [4.69, 9.17) is 9.15 Å². The van der Waals surface area contributed by atoms with Gasteiger partial charge >= 0.3 is 6.09 Å². The minimum atomic E-state index is -0.608. The summed E-state index contributed by atoms with van der Waals surface area (Å²) in [5, 5.41) is 13.3. The molecule has 1 aromatic carbocycles. The van der Waals surface area contributed by atoms with E-state index in [-0.39, 0.29) is 17.5 Å². The lowest BCUT2D eigenvalue weighted by atomic mass is 9.94. The van der Waals surface area contributed by atoms with E-state index in [0.29, 0.717) is 0 Å². The van der Waals surface area contributed by atoms with Gasteiger partial charge in [-0.2, -0.15) is 0 Å². The van der Waals surface area contributed by atoms with Gasteiger partial charge in [0.15, 0.2) is 0 Å². The largest absolute Gasteiger partial charge is 0.467 e. The van der Waals surface area contributed by atoms with Crippen molar-refractivity contribution in [3.8, 4) is 5.75 Å². The molecule has 1 aliphatic carbocycles. The molecule has 22 heavy (non-hydrogen) atoms. The number of rotatable bonds is 3. The standard InChI is InChI=1S/C15H14N2O5/c18-15(22-12-6-4-11(5-7-12)17(19)20)16-13-3-1-2-10-8-9-21-14(10)13/h4-9,13H,1-3H2,(H,16,18). The van der Waals surface area contributed by atoms with Crippen molar-refractivity contribution in [3.63, 3.8) is 0 Å². The van der Waals surface area contributed by atoms with Gasteiger partial charge in [-0.05, 0) is 43.0 Å². The maximum atomic E-state index is 11.9. The molecule has 0 saturated carbocycles. The number of non-ortho nitro benzene ring substituents is 1. The smallest absolute Gasteiger partial charge is 0.413 e. The second-order valence-corrected chi connectivity index (χ2v) is 5.04. The van der Waals surface area contributed by atoms with E-state index < -0.39 is 11.0 Å². The van der Waals surface area contributed by atoms with Crippen LogP contribution in [0.5, 0.6) is 5.75 Å². The number of furan rings is 1. The molecule has 0 radical (unpaired) electrons. The first-order chi connectivity index (χ1) is 10.6. The number of aryl methyl sites for hydroxylation is 1. The molecule has 1 unspecified atom stereocenters. The minimum absolute atomic E-state index is 0.0553. The third kappa shape index (κ3) is 2.93. The zero-order valence-corrected chi connectivity index (χ0v) is 11.7. The molecule has 1 aliphatic rings. The van der Waals surface area contributed by atoms with Gasteiger partial charge in [0.1, 0.15) is 11.5 Å². The van der Waals surface area contributed by atoms with Crippen LogP contribution in [0.2, 0.25) is 0 Å². The van der Waals surface area contributed by atoms with Gasteiger partial charge in [0.25, 0.3) is 5.69 Å². The molecule has 7 heteroatoms. The third-order valence-electron chi connectivity index (χ3n) is 3.59. The Morgan fingerprint density at radius 2 is 2.09 bits per heavy atom. The molecule has 0 bridgehead atoms. The number of hydrogen-bond donors (Lipinski definition) is 1. The van der Waals surface area contributed by atoms with Crippen LogP contribution in [-0.2, 0) is 6.42 Å². The summed E-state index contributed by atoms with van der Waals surface area (Å²) in [5.41, 5.74) is 1.05. The van der Waals surface area contributed by atoms with Gasteiger partial charge in [0, 0.05) is 12.1 Å². The van der Waals surface area contributed by atoms with Gasteiger partial charge in [-0.25, -0.2) is 4.79 Å². The first-order valence-electron chi connectivity index (χ1n) is 6.92. The Kier molecular flexibility index (Phi) is 3.78. The van der Waals surface area contributed by atoms with Gasteiger partial charge in [-0.3, -0.25) is 10.1 Å². The second-order valence-electron chi connectivity index (χ2n) is 5.04. The van der Waals surface area contributed by atoms with Crippen LogP contribution in [0.4, 0.5) is 10.5 Å². The molecule has 0 fully saturated rings. The van der Waals surface area contributed by atoms with Crippen molar-refractivity contribution in [1.29, 1.82) is 0 Å². The van der Waals surface area contributed by atoms with E-state index >= 15 is 0 Å². The summed E-state index contributed by atoms with van der Waals surface area (Å²) in [5.74, 6) is 1.02. The molecule has 0 saturated heterocycles. The number of benzene rings is 1. The second kappa shape index (κ2) is 5.88. The average Bonchev–Trinajstić information content (AvgIpc) is 2.97. The van der Waals surface area contributed by atoms with Gasteiger partial charge in [0.05, 0.1) is 17.2 Å². The number of nitro benzene ring substituents is 1. The summed E-state index contributed by atoms with van der Waals surface area (Å²) in [6.07, 6.45) is 3.71. The Labute approximate surface area is 126 Å². The van der Waals surface area contributed by atoms with Gasteiger partial charge in [0.2, 0.25) is 0 Å². The van der Waals surface area contributed by atoms with Crippen molar-refractivity contribution in [1.82, 2.24) is 5.32 Å². The molecule has 1 amide bonds. The number of ether oxygens (including phenoxy) is 1. The van der Waals surface area contributed by atoms with Crippen LogP contribution >= 0.6 is 0 Å². The summed E-state index contributed by atoms with van der Waals surface area (Å²) >= 11 is 0. The Hall–Kier alpha value is -2.83. The third-order valence-corrected chi connectivity index (χ3v) is 3.59. The van der Waals surface area contributed by atoms with Crippen molar-refractivity contribution in [2.24, 2.45) is 0 Å². The summed E-state index contributed by atoms with van der Waals surface area (Å²) in [4.78, 5) is 22.0. The molecular weight excluding hydrogens is 288 g/mol. The van der Waals surface area contributed by atoms with Gasteiger partial charge in [-0.15, -0.1) is 0 Å². The van der Waals surface area contributed by atoms with Crippen LogP contribution in [0.15, 0.2) is 41.0 Å². The monoisotopic (exact) mass is 302 g/mol. The number of nitrogens with zero attached hydrogens (tertiary/aromatic N) is 1. The molecule has 1 N–H and O–H groups in total. The van der Waals surface area contributed by atoms with E-state index in [1.54, 1.807) is 6.26 Å². The molecule has 0 aliphatic heterocycles. The molecule has 2 aromatic rings. The zero-order chi connectivity index (χ0) is 15.5. The molecule has 1 heterocycles. The highest BCUT2D eigenvalue weighted by Crippen LogP contribution is 2.30. The molecule has 1 aromatic heterocycles. The van der Waals surface area contributed by atoms with Crippen molar-refractivity contribution in [3.05, 3.63) is 58.0 Å². The highest BCUT2D eigenvalue weighted by atomic mass is 16.6. The Balaban J connectivity index is 1.63. The van der Waals surface area contributed by atoms with Crippen LogP contribution in [0.1, 0.15) is 30.2 Å². The Morgan fingerprint density at radius 1 is 1.32 bits per heavy atom. The Morgan fingerprint density at radius 3 is 2.82 bits per heavy atom. The van der Waals surface area contributed by atoms with E-state index in [0.717, 1.165) is 30.6 Å². The highest BCUT2D eigenvalue weighted by Gasteiger charge is 2.25. The summed E-state index contributed by atoms with van der Waals surface area (Å²) in [7, 11) is 0. The summed E-state index contributed by atoms with van der Waals surface area (Å²) in [6, 6.07) is 7.05. The van der Waals surface area contributed by atoms with Crippen LogP contribution in [-0.4, -0.2) is 11.0 Å². The number of carbonyl (C=O) groups excluding carboxylic acids is 1. The fraction of sp³-hybridized carbons (Fsp3) is 0.267. The van der Waals surface area contributed by atoms with Crippen molar-refractivity contribution in [2.75, 3.05) is 0 Å². The van der Waals surface area contributed by atoms with E-state index in [1.807, 2.05) is 6.07 Å². The first kappa shape index (κ1) is 14.1. The lowest BCUT2D eigenvalue weighted by Gasteiger charge is -2.21. The number of nitro groups is 1. The predicted octanol–water partition coefficient (Wildman–Crippen LogP) is 3.35. The summed E-state index contributed by atoms with van der Waals surface area (Å²) in [6.45, 7) is 0. The maximum absolute atomic E-state index is 11.9. The zero-order valence-electron chi connectivity index (χ0n) is 11.7. The predicted molar refractivity (Wildman–Crippen MR) is 76.6 cm³/mol. The molecule has 0 spiro atoms. The minimum Gasteiger partial charge on any atom is -0.467 e. The van der Waals surface area contributed by atoms with Crippen molar-refractivity contribution >= 4 is 11.8 Å². The van der Waals surface area contributed by atoms with E-state index in [2.05, 4.69) is 5.32 Å². The van der Waals surface area contributed by atoms with Crippen molar-refractivity contribution in [2.45, 2.75) is 25.3 Å². The van der Waals surface area contributed by atoms with Crippen molar-refractivity contribution < 1.29 is 18.9 Å².